The average Bonchev–Trinajstić information content (AvgIpc) is 3.28. The summed E-state index contributed by atoms with van der Waals surface area (Å²) in [6, 6.07) is 19.4. The summed E-state index contributed by atoms with van der Waals surface area (Å²) in [5.74, 6) is 3.23. The van der Waals surface area contributed by atoms with Gasteiger partial charge in [0.05, 0.1) is 18.3 Å². The molecule has 0 unspecified atom stereocenters. The predicted octanol–water partition coefficient (Wildman–Crippen LogP) is 4.69. The van der Waals surface area contributed by atoms with Crippen LogP contribution < -0.4 is 24.3 Å². The second kappa shape index (κ2) is 7.79. The van der Waals surface area contributed by atoms with Crippen LogP contribution in [0.2, 0.25) is 0 Å². The molecule has 0 radical (unpaired) electrons. The van der Waals surface area contributed by atoms with Crippen molar-refractivity contribution in [2.45, 2.75) is 6.61 Å². The van der Waals surface area contributed by atoms with Gasteiger partial charge in [0.1, 0.15) is 18.8 Å². The van der Waals surface area contributed by atoms with Gasteiger partial charge in [-0.25, -0.2) is 9.97 Å². The molecule has 3 aromatic carbocycles. The molecule has 0 saturated carbocycles. The lowest BCUT2D eigenvalue weighted by atomic mass is 10.2. The average molecular weight is 401 g/mol. The fraction of sp³-hybridized carbons (Fsp3) is 0.130. The summed E-state index contributed by atoms with van der Waals surface area (Å²) in [5, 5.41) is 4.13. The first kappa shape index (κ1) is 18.1. The van der Waals surface area contributed by atoms with Crippen molar-refractivity contribution in [2.24, 2.45) is 0 Å². The maximum Gasteiger partial charge on any atom is 0.231 e. The largest absolute Gasteiger partial charge is 0.493 e. The van der Waals surface area contributed by atoms with Crippen LogP contribution in [0, 0.1) is 0 Å². The van der Waals surface area contributed by atoms with Crippen LogP contribution in [0.15, 0.2) is 67.0 Å². The zero-order valence-electron chi connectivity index (χ0n) is 16.3. The SMILES string of the molecule is COc1cc2c(Nc3cccc4c3OCO4)ncnc2cc1OCc1ccccc1. The summed E-state index contributed by atoms with van der Waals surface area (Å²) >= 11 is 0. The Balaban J connectivity index is 1.48. The summed E-state index contributed by atoms with van der Waals surface area (Å²) in [7, 11) is 1.61. The first-order chi connectivity index (χ1) is 14.8. The lowest BCUT2D eigenvalue weighted by Crippen LogP contribution is -2.01. The minimum Gasteiger partial charge on any atom is -0.493 e. The van der Waals surface area contributed by atoms with Crippen LogP contribution >= 0.6 is 0 Å². The molecule has 0 spiro atoms. The number of para-hydroxylation sites is 1. The minimum atomic E-state index is 0.203. The number of methoxy groups -OCH3 is 1. The molecule has 30 heavy (non-hydrogen) atoms. The van der Waals surface area contributed by atoms with Crippen molar-refractivity contribution >= 4 is 22.4 Å². The number of anilines is 2. The fourth-order valence-electron chi connectivity index (χ4n) is 3.33. The van der Waals surface area contributed by atoms with Crippen molar-refractivity contribution in [1.29, 1.82) is 0 Å². The number of nitrogens with one attached hydrogen (secondary N) is 1. The molecule has 7 heteroatoms. The Morgan fingerprint density at radius 1 is 0.967 bits per heavy atom. The number of nitrogens with zero attached hydrogens (tertiary/aromatic N) is 2. The van der Waals surface area contributed by atoms with Crippen LogP contribution in [0.4, 0.5) is 11.5 Å². The lowest BCUT2D eigenvalue weighted by molar-refractivity contribution is 0.174. The molecule has 7 nitrogen and oxygen atoms in total. The van der Waals surface area contributed by atoms with Gasteiger partial charge in [-0.2, -0.15) is 0 Å². The van der Waals surface area contributed by atoms with Crippen molar-refractivity contribution < 1.29 is 18.9 Å². The highest BCUT2D eigenvalue weighted by molar-refractivity contribution is 5.93. The lowest BCUT2D eigenvalue weighted by Gasteiger charge is -2.14. The number of fused-ring (bicyclic) bond motifs is 2. The van der Waals surface area contributed by atoms with E-state index < -0.39 is 0 Å². The van der Waals surface area contributed by atoms with E-state index in [0.717, 1.165) is 22.2 Å². The van der Waals surface area contributed by atoms with Crippen LogP contribution in [0.3, 0.4) is 0 Å². The molecule has 0 saturated heterocycles. The summed E-state index contributed by atoms with van der Waals surface area (Å²) in [6.07, 6.45) is 1.51. The number of benzene rings is 3. The van der Waals surface area contributed by atoms with Gasteiger partial charge in [-0.3, -0.25) is 0 Å². The molecule has 0 aliphatic carbocycles. The zero-order valence-corrected chi connectivity index (χ0v) is 16.3. The van der Waals surface area contributed by atoms with E-state index in [1.54, 1.807) is 7.11 Å². The van der Waals surface area contributed by atoms with Gasteiger partial charge in [0.25, 0.3) is 0 Å². The molecule has 2 heterocycles. The van der Waals surface area contributed by atoms with Crippen LogP contribution in [0.1, 0.15) is 5.56 Å². The summed E-state index contributed by atoms with van der Waals surface area (Å²) in [5.41, 5.74) is 2.58. The second-order valence-electron chi connectivity index (χ2n) is 6.68. The molecule has 4 aromatic rings. The molecule has 1 aliphatic rings. The maximum atomic E-state index is 6.00. The Labute approximate surface area is 173 Å². The monoisotopic (exact) mass is 401 g/mol. The fourth-order valence-corrected chi connectivity index (χ4v) is 3.33. The normalized spacial score (nSPS) is 12.0. The van der Waals surface area contributed by atoms with E-state index in [2.05, 4.69) is 15.3 Å². The van der Waals surface area contributed by atoms with Gasteiger partial charge >= 0.3 is 0 Å². The Bertz CT molecular complexity index is 1200. The van der Waals surface area contributed by atoms with Crippen molar-refractivity contribution in [3.05, 3.63) is 72.6 Å². The first-order valence-corrected chi connectivity index (χ1v) is 9.47. The third-order valence-corrected chi connectivity index (χ3v) is 4.81. The Morgan fingerprint density at radius 3 is 2.73 bits per heavy atom. The Kier molecular flexibility index (Phi) is 4.69. The Morgan fingerprint density at radius 2 is 1.87 bits per heavy atom. The van der Waals surface area contributed by atoms with E-state index in [1.807, 2.05) is 60.7 Å². The topological polar surface area (TPSA) is 74.7 Å². The molecular formula is C23H19N3O4. The van der Waals surface area contributed by atoms with E-state index in [4.69, 9.17) is 18.9 Å². The van der Waals surface area contributed by atoms with Crippen LogP contribution in [0.25, 0.3) is 10.9 Å². The number of rotatable bonds is 6. The predicted molar refractivity (Wildman–Crippen MR) is 113 cm³/mol. The van der Waals surface area contributed by atoms with Crippen LogP contribution in [-0.4, -0.2) is 23.9 Å². The number of ether oxygens (including phenoxy) is 4. The van der Waals surface area contributed by atoms with E-state index in [9.17, 15) is 0 Å². The van der Waals surface area contributed by atoms with Gasteiger partial charge in [0.15, 0.2) is 23.0 Å². The van der Waals surface area contributed by atoms with E-state index in [-0.39, 0.29) is 6.79 Å². The summed E-state index contributed by atoms with van der Waals surface area (Å²) in [6.45, 7) is 0.640. The molecule has 150 valence electrons. The number of hydrogen-bond acceptors (Lipinski definition) is 7. The van der Waals surface area contributed by atoms with Crippen molar-refractivity contribution in [1.82, 2.24) is 9.97 Å². The molecule has 1 aromatic heterocycles. The van der Waals surface area contributed by atoms with Gasteiger partial charge < -0.3 is 24.3 Å². The minimum absolute atomic E-state index is 0.203. The summed E-state index contributed by atoms with van der Waals surface area (Å²) in [4.78, 5) is 8.82. The van der Waals surface area contributed by atoms with E-state index in [1.165, 1.54) is 6.33 Å². The quantitative estimate of drug-likeness (QED) is 0.502. The molecule has 0 bridgehead atoms. The standard InChI is InChI=1S/C23H19N3O4/c1-27-20-10-16-18(11-21(20)28-12-15-6-3-2-4-7-15)24-13-25-23(16)26-17-8-5-9-19-22(17)30-14-29-19/h2-11,13H,12,14H2,1H3,(H,24,25,26). The molecule has 1 N–H and O–H groups in total. The molecule has 5 rings (SSSR count). The first-order valence-electron chi connectivity index (χ1n) is 9.47. The third-order valence-electron chi connectivity index (χ3n) is 4.81. The van der Waals surface area contributed by atoms with Crippen LogP contribution in [-0.2, 0) is 6.61 Å². The van der Waals surface area contributed by atoms with Crippen molar-refractivity contribution in [3.63, 3.8) is 0 Å². The van der Waals surface area contributed by atoms with Crippen LogP contribution in [0.5, 0.6) is 23.0 Å². The summed E-state index contributed by atoms with van der Waals surface area (Å²) < 4.78 is 22.6. The van der Waals surface area contributed by atoms with E-state index in [0.29, 0.717) is 35.4 Å². The molecule has 0 fully saturated rings. The van der Waals surface area contributed by atoms with Crippen molar-refractivity contribution in [2.75, 3.05) is 19.2 Å². The highest BCUT2D eigenvalue weighted by Crippen LogP contribution is 2.41. The second-order valence-corrected chi connectivity index (χ2v) is 6.68. The van der Waals surface area contributed by atoms with Gasteiger partial charge in [0.2, 0.25) is 6.79 Å². The Hall–Kier alpha value is -4.00. The van der Waals surface area contributed by atoms with Gasteiger partial charge in [-0.1, -0.05) is 36.4 Å². The van der Waals surface area contributed by atoms with Gasteiger partial charge in [-0.15, -0.1) is 0 Å². The molecule has 0 amide bonds. The molecule has 1 aliphatic heterocycles. The zero-order chi connectivity index (χ0) is 20.3. The third kappa shape index (κ3) is 3.41. The highest BCUT2D eigenvalue weighted by atomic mass is 16.7. The molecular weight excluding hydrogens is 382 g/mol. The number of hydrogen-bond donors (Lipinski definition) is 1. The van der Waals surface area contributed by atoms with Gasteiger partial charge in [0, 0.05) is 11.5 Å². The highest BCUT2D eigenvalue weighted by Gasteiger charge is 2.19. The number of aromatic nitrogens is 2. The molecule has 0 atom stereocenters. The van der Waals surface area contributed by atoms with E-state index >= 15 is 0 Å². The van der Waals surface area contributed by atoms with Gasteiger partial charge in [-0.05, 0) is 23.8 Å². The maximum absolute atomic E-state index is 6.00. The van der Waals surface area contributed by atoms with Crippen molar-refractivity contribution in [3.8, 4) is 23.0 Å². The smallest absolute Gasteiger partial charge is 0.231 e.